The molecule has 0 aromatic heterocycles. The van der Waals surface area contributed by atoms with Crippen molar-refractivity contribution in [1.82, 2.24) is 5.32 Å². The quantitative estimate of drug-likeness (QED) is 0.539. The molecule has 0 atom stereocenters. The number of carbonyl (C=O) groups excluding carboxylic acids is 3. The monoisotopic (exact) mass is 458 g/mol. The molecule has 6 nitrogen and oxygen atoms in total. The van der Waals surface area contributed by atoms with Gasteiger partial charge in [-0.05, 0) is 42.6 Å². The molecule has 0 aliphatic carbocycles. The van der Waals surface area contributed by atoms with Crippen molar-refractivity contribution in [2.24, 2.45) is 0 Å². The summed E-state index contributed by atoms with van der Waals surface area (Å²) in [5.41, 5.74) is -0.240. The highest BCUT2D eigenvalue weighted by Gasteiger charge is 2.30. The fraction of sp³-hybridized carbons (Fsp3) is 0.208. The Balaban J connectivity index is 1.54. The number of fused-ring (bicyclic) bond motifs is 1. The van der Waals surface area contributed by atoms with Crippen LogP contribution in [0.3, 0.4) is 0 Å². The number of hydrogen-bond donors (Lipinski definition) is 1. The van der Waals surface area contributed by atoms with Crippen molar-refractivity contribution in [3.05, 3.63) is 77.9 Å². The van der Waals surface area contributed by atoms with E-state index in [0.717, 1.165) is 35.0 Å². The van der Waals surface area contributed by atoms with Gasteiger partial charge in [-0.2, -0.15) is 13.2 Å². The fourth-order valence-corrected chi connectivity index (χ4v) is 3.26. The van der Waals surface area contributed by atoms with Crippen LogP contribution in [-0.4, -0.2) is 37.5 Å². The maximum absolute atomic E-state index is 12.7. The smallest absolute Gasteiger partial charge is 0.416 e. The second kappa shape index (κ2) is 10.2. The van der Waals surface area contributed by atoms with Gasteiger partial charge in [-0.1, -0.05) is 36.4 Å². The Morgan fingerprint density at radius 1 is 0.939 bits per heavy atom. The summed E-state index contributed by atoms with van der Waals surface area (Å²) in [6.07, 6.45) is -4.51. The van der Waals surface area contributed by atoms with E-state index in [4.69, 9.17) is 4.74 Å². The minimum absolute atomic E-state index is 0.0417. The summed E-state index contributed by atoms with van der Waals surface area (Å²) in [4.78, 5) is 38.2. The topological polar surface area (TPSA) is 75.7 Å². The van der Waals surface area contributed by atoms with E-state index in [0.29, 0.717) is 12.2 Å². The Morgan fingerprint density at radius 2 is 1.61 bits per heavy atom. The molecular weight excluding hydrogens is 437 g/mol. The van der Waals surface area contributed by atoms with Crippen LogP contribution in [0.15, 0.2) is 66.7 Å². The second-order valence-electron chi connectivity index (χ2n) is 7.05. The molecule has 0 bridgehead atoms. The molecule has 0 aliphatic heterocycles. The van der Waals surface area contributed by atoms with Gasteiger partial charge in [0.05, 0.1) is 11.3 Å². The number of benzene rings is 3. The standard InChI is InChI=1S/C24H21F3N2O4/c1-2-29(20-9-5-7-16-6-3-4-8-19(16)20)21(30)15-33-22(31)14-28-23(32)17-10-12-18(13-11-17)24(25,26)27/h3-13H,2,14-15H2,1H3,(H,28,32). The largest absolute Gasteiger partial charge is 0.454 e. The molecule has 33 heavy (non-hydrogen) atoms. The van der Waals surface area contributed by atoms with E-state index in [-0.39, 0.29) is 5.56 Å². The Labute approximate surface area is 187 Å². The fourth-order valence-electron chi connectivity index (χ4n) is 3.26. The predicted octanol–water partition coefficient (Wildman–Crippen LogP) is 4.18. The summed E-state index contributed by atoms with van der Waals surface area (Å²) < 4.78 is 42.8. The van der Waals surface area contributed by atoms with E-state index in [1.807, 2.05) is 36.4 Å². The predicted molar refractivity (Wildman–Crippen MR) is 117 cm³/mol. The Kier molecular flexibility index (Phi) is 7.32. The first-order valence-corrected chi connectivity index (χ1v) is 10.1. The van der Waals surface area contributed by atoms with Crippen LogP contribution in [0.4, 0.5) is 18.9 Å². The molecule has 0 spiro atoms. The van der Waals surface area contributed by atoms with Crippen molar-refractivity contribution in [3.63, 3.8) is 0 Å². The number of nitrogens with zero attached hydrogens (tertiary/aromatic N) is 1. The second-order valence-corrected chi connectivity index (χ2v) is 7.05. The lowest BCUT2D eigenvalue weighted by atomic mass is 10.1. The van der Waals surface area contributed by atoms with Gasteiger partial charge in [-0.3, -0.25) is 14.4 Å². The Hall–Kier alpha value is -3.88. The SMILES string of the molecule is CCN(C(=O)COC(=O)CNC(=O)c1ccc(C(F)(F)F)cc1)c1cccc2ccccc12. The number of alkyl halides is 3. The van der Waals surface area contributed by atoms with Gasteiger partial charge in [-0.15, -0.1) is 0 Å². The molecule has 172 valence electrons. The zero-order valence-corrected chi connectivity index (χ0v) is 17.7. The maximum Gasteiger partial charge on any atom is 0.416 e. The number of likely N-dealkylation sites (N-methyl/N-ethyl adjacent to an activating group) is 1. The molecule has 0 saturated carbocycles. The highest BCUT2D eigenvalue weighted by molar-refractivity contribution is 6.04. The van der Waals surface area contributed by atoms with Crippen LogP contribution >= 0.6 is 0 Å². The molecule has 3 aromatic carbocycles. The molecule has 0 aliphatic rings. The third-order valence-corrected chi connectivity index (χ3v) is 4.90. The first-order chi connectivity index (χ1) is 15.7. The van der Waals surface area contributed by atoms with Gasteiger partial charge in [0.15, 0.2) is 6.61 Å². The lowest BCUT2D eigenvalue weighted by Gasteiger charge is -2.22. The summed E-state index contributed by atoms with van der Waals surface area (Å²) in [5.74, 6) is -2.02. The number of ether oxygens (including phenoxy) is 1. The van der Waals surface area contributed by atoms with Crippen LogP contribution in [0.1, 0.15) is 22.8 Å². The minimum Gasteiger partial charge on any atom is -0.454 e. The zero-order valence-electron chi connectivity index (χ0n) is 17.7. The summed E-state index contributed by atoms with van der Waals surface area (Å²) >= 11 is 0. The van der Waals surface area contributed by atoms with E-state index in [2.05, 4.69) is 5.32 Å². The average Bonchev–Trinajstić information content (AvgIpc) is 2.81. The van der Waals surface area contributed by atoms with Crippen LogP contribution in [0.25, 0.3) is 10.8 Å². The number of rotatable bonds is 7. The molecule has 0 radical (unpaired) electrons. The van der Waals surface area contributed by atoms with Gasteiger partial charge in [0.1, 0.15) is 6.54 Å². The van der Waals surface area contributed by atoms with Crippen LogP contribution in [0.5, 0.6) is 0 Å². The number of amides is 2. The summed E-state index contributed by atoms with van der Waals surface area (Å²) in [5, 5.41) is 4.10. The van der Waals surface area contributed by atoms with Crippen molar-refractivity contribution in [1.29, 1.82) is 0 Å². The zero-order chi connectivity index (χ0) is 24.0. The lowest BCUT2D eigenvalue weighted by molar-refractivity contribution is -0.146. The molecule has 1 N–H and O–H groups in total. The van der Waals surface area contributed by atoms with E-state index >= 15 is 0 Å². The van der Waals surface area contributed by atoms with Gasteiger partial charge < -0.3 is 15.0 Å². The van der Waals surface area contributed by atoms with Crippen LogP contribution < -0.4 is 10.2 Å². The van der Waals surface area contributed by atoms with E-state index in [9.17, 15) is 27.6 Å². The molecule has 3 aromatic rings. The molecular formula is C24H21F3N2O4. The maximum atomic E-state index is 12.7. The number of anilines is 1. The molecule has 3 rings (SSSR count). The van der Waals surface area contributed by atoms with Gasteiger partial charge >= 0.3 is 12.1 Å². The first-order valence-electron chi connectivity index (χ1n) is 10.1. The lowest BCUT2D eigenvalue weighted by Crippen LogP contribution is -2.36. The van der Waals surface area contributed by atoms with E-state index in [1.54, 1.807) is 13.0 Å². The molecule has 0 fully saturated rings. The highest BCUT2D eigenvalue weighted by atomic mass is 19.4. The normalized spacial score (nSPS) is 11.2. The molecule has 0 saturated heterocycles. The van der Waals surface area contributed by atoms with Crippen molar-refractivity contribution in [2.75, 3.05) is 24.6 Å². The van der Waals surface area contributed by atoms with E-state index < -0.39 is 42.7 Å². The van der Waals surface area contributed by atoms with Gasteiger partial charge in [0, 0.05) is 17.5 Å². The summed E-state index contributed by atoms with van der Waals surface area (Å²) in [6.45, 7) is 1.10. The number of hydrogen-bond acceptors (Lipinski definition) is 4. The average molecular weight is 458 g/mol. The number of esters is 1. The summed E-state index contributed by atoms with van der Waals surface area (Å²) in [7, 11) is 0. The van der Waals surface area contributed by atoms with Gasteiger partial charge in [0.2, 0.25) is 0 Å². The Bertz CT molecular complexity index is 1160. The molecule has 0 unspecified atom stereocenters. The van der Waals surface area contributed by atoms with Crippen molar-refractivity contribution < 1.29 is 32.3 Å². The van der Waals surface area contributed by atoms with E-state index in [1.165, 1.54) is 4.90 Å². The molecule has 0 heterocycles. The highest BCUT2D eigenvalue weighted by Crippen LogP contribution is 2.29. The first kappa shape index (κ1) is 23.8. The van der Waals surface area contributed by atoms with Crippen LogP contribution in [0, 0.1) is 0 Å². The van der Waals surface area contributed by atoms with Crippen molar-refractivity contribution >= 4 is 34.2 Å². The van der Waals surface area contributed by atoms with Gasteiger partial charge in [0.25, 0.3) is 11.8 Å². The molecule has 9 heteroatoms. The third-order valence-electron chi connectivity index (χ3n) is 4.90. The van der Waals surface area contributed by atoms with Gasteiger partial charge in [-0.25, -0.2) is 0 Å². The minimum atomic E-state index is -4.51. The van der Waals surface area contributed by atoms with Crippen molar-refractivity contribution in [3.8, 4) is 0 Å². The third kappa shape index (κ3) is 5.88. The molecule has 2 amide bonds. The van der Waals surface area contributed by atoms with Crippen LogP contribution in [-0.2, 0) is 20.5 Å². The number of halogens is 3. The number of carbonyl (C=O) groups is 3. The van der Waals surface area contributed by atoms with Crippen molar-refractivity contribution in [2.45, 2.75) is 13.1 Å². The van der Waals surface area contributed by atoms with Crippen LogP contribution in [0.2, 0.25) is 0 Å². The number of nitrogens with one attached hydrogen (secondary N) is 1. The Morgan fingerprint density at radius 3 is 2.27 bits per heavy atom. The summed E-state index contributed by atoms with van der Waals surface area (Å²) in [6, 6.07) is 16.7.